The Bertz CT molecular complexity index is 2330. The number of nitrogens with zero attached hydrogens (tertiary/aromatic N) is 2. The molecule has 0 amide bonds. The van der Waals surface area contributed by atoms with Gasteiger partial charge < -0.3 is 9.13 Å². The van der Waals surface area contributed by atoms with Crippen LogP contribution in [0.5, 0.6) is 0 Å². The van der Waals surface area contributed by atoms with Crippen LogP contribution in [0.1, 0.15) is 0 Å². The van der Waals surface area contributed by atoms with Crippen molar-refractivity contribution in [1.82, 2.24) is 9.13 Å². The van der Waals surface area contributed by atoms with Crippen molar-refractivity contribution in [3.05, 3.63) is 133 Å². The molecule has 0 atom stereocenters. The Balaban J connectivity index is 1.46. The van der Waals surface area contributed by atoms with E-state index in [1.807, 2.05) is 11.3 Å². The third-order valence-corrected chi connectivity index (χ3v) is 9.31. The van der Waals surface area contributed by atoms with Gasteiger partial charge in [0.1, 0.15) is 0 Å². The number of hydrogen-bond donors (Lipinski definition) is 0. The van der Waals surface area contributed by atoms with Crippen molar-refractivity contribution < 1.29 is 0 Å². The van der Waals surface area contributed by atoms with Gasteiger partial charge >= 0.3 is 0 Å². The van der Waals surface area contributed by atoms with Crippen molar-refractivity contribution in [1.29, 1.82) is 0 Å². The van der Waals surface area contributed by atoms with Crippen molar-refractivity contribution in [3.8, 4) is 11.4 Å². The van der Waals surface area contributed by atoms with Crippen LogP contribution < -0.4 is 0 Å². The van der Waals surface area contributed by atoms with E-state index >= 15 is 0 Å². The van der Waals surface area contributed by atoms with Gasteiger partial charge in [-0.05, 0) is 54.6 Å². The summed E-state index contributed by atoms with van der Waals surface area (Å²) in [6, 6.07) is 48.6. The van der Waals surface area contributed by atoms with Crippen LogP contribution in [0.2, 0.25) is 0 Å². The number of aromatic nitrogens is 2. The lowest BCUT2D eigenvalue weighted by Gasteiger charge is -2.10. The van der Waals surface area contributed by atoms with Gasteiger partial charge in [-0.2, -0.15) is 0 Å². The Hall–Kier alpha value is -4.86. The molecule has 0 aliphatic carbocycles. The maximum atomic E-state index is 2.42. The first-order valence-electron chi connectivity index (χ1n) is 13.3. The second kappa shape index (κ2) is 7.83. The van der Waals surface area contributed by atoms with E-state index in [1.165, 1.54) is 75.2 Å². The molecule has 6 aromatic carbocycles. The summed E-state index contributed by atoms with van der Waals surface area (Å²) in [4.78, 5) is 0. The molecule has 2 nitrogen and oxygen atoms in total. The lowest BCUT2D eigenvalue weighted by molar-refractivity contribution is 1.17. The molecule has 0 bridgehead atoms. The molecule has 0 radical (unpaired) electrons. The fraction of sp³-hybridized carbons (Fsp3) is 0. The summed E-state index contributed by atoms with van der Waals surface area (Å²) in [7, 11) is 0. The molecule has 0 saturated carbocycles. The molecule has 0 fully saturated rings. The van der Waals surface area contributed by atoms with Crippen LogP contribution in [0, 0.1) is 0 Å². The Labute approximate surface area is 228 Å². The first-order chi connectivity index (χ1) is 19.4. The number of rotatable bonds is 2. The summed E-state index contributed by atoms with van der Waals surface area (Å²) in [5.74, 6) is 0. The zero-order valence-corrected chi connectivity index (χ0v) is 21.8. The lowest BCUT2D eigenvalue weighted by atomic mass is 10.1. The summed E-state index contributed by atoms with van der Waals surface area (Å²) in [6.45, 7) is 0. The molecule has 3 heteroatoms. The van der Waals surface area contributed by atoms with E-state index in [9.17, 15) is 0 Å². The summed E-state index contributed by atoms with van der Waals surface area (Å²) in [6.07, 6.45) is 0. The van der Waals surface area contributed by atoms with E-state index in [-0.39, 0.29) is 0 Å². The molecule has 9 rings (SSSR count). The summed E-state index contributed by atoms with van der Waals surface area (Å²) < 4.78 is 7.53. The lowest BCUT2D eigenvalue weighted by Crippen LogP contribution is -1.95. The fourth-order valence-corrected chi connectivity index (χ4v) is 7.73. The zero-order valence-electron chi connectivity index (χ0n) is 21.0. The van der Waals surface area contributed by atoms with Crippen molar-refractivity contribution in [2.75, 3.05) is 0 Å². The maximum Gasteiger partial charge on any atom is 0.0555 e. The van der Waals surface area contributed by atoms with Crippen molar-refractivity contribution in [2.45, 2.75) is 0 Å². The van der Waals surface area contributed by atoms with Crippen molar-refractivity contribution in [3.63, 3.8) is 0 Å². The van der Waals surface area contributed by atoms with Gasteiger partial charge in [-0.25, -0.2) is 0 Å². The van der Waals surface area contributed by atoms with E-state index in [1.54, 1.807) is 0 Å². The quantitative estimate of drug-likeness (QED) is 0.217. The van der Waals surface area contributed by atoms with Crippen LogP contribution in [0.4, 0.5) is 0 Å². The van der Waals surface area contributed by atoms with Crippen molar-refractivity contribution >= 4 is 75.1 Å². The van der Waals surface area contributed by atoms with E-state index in [0.717, 1.165) is 0 Å². The van der Waals surface area contributed by atoms with Crippen molar-refractivity contribution in [2.24, 2.45) is 0 Å². The smallest absolute Gasteiger partial charge is 0.0555 e. The number of para-hydroxylation sites is 3. The van der Waals surface area contributed by atoms with Gasteiger partial charge in [-0.15, -0.1) is 11.3 Å². The molecular formula is C36H22N2S. The highest BCUT2D eigenvalue weighted by Crippen LogP contribution is 2.44. The molecule has 39 heavy (non-hydrogen) atoms. The average molecular weight is 515 g/mol. The summed E-state index contributed by atoms with van der Waals surface area (Å²) in [5, 5.41) is 7.84. The molecular weight excluding hydrogens is 492 g/mol. The predicted molar refractivity (Wildman–Crippen MR) is 168 cm³/mol. The second-order valence-electron chi connectivity index (χ2n) is 10.2. The minimum atomic E-state index is 1.18. The Kier molecular flexibility index (Phi) is 4.24. The first kappa shape index (κ1) is 21.1. The van der Waals surface area contributed by atoms with Gasteiger partial charge in [0, 0.05) is 53.1 Å². The third kappa shape index (κ3) is 2.85. The van der Waals surface area contributed by atoms with Crippen LogP contribution in [-0.2, 0) is 0 Å². The molecule has 0 saturated heterocycles. The molecule has 0 aliphatic heterocycles. The number of benzene rings is 6. The van der Waals surface area contributed by atoms with E-state index < -0.39 is 0 Å². The topological polar surface area (TPSA) is 9.86 Å². The van der Waals surface area contributed by atoms with Gasteiger partial charge in [0.05, 0.1) is 22.1 Å². The summed E-state index contributed by atoms with van der Waals surface area (Å²) >= 11 is 1.90. The third-order valence-electron chi connectivity index (χ3n) is 8.11. The fourth-order valence-electron chi connectivity index (χ4n) is 6.47. The van der Waals surface area contributed by atoms with Gasteiger partial charge in [-0.1, -0.05) is 78.9 Å². The Morgan fingerprint density at radius 3 is 1.74 bits per heavy atom. The molecule has 0 aliphatic rings. The van der Waals surface area contributed by atoms with E-state index in [0.29, 0.717) is 0 Å². The molecule has 0 unspecified atom stereocenters. The molecule has 3 heterocycles. The standard InChI is InChI=1S/C36H22N2S/c1-2-10-23(11-3-1)37-32-20-18-24(38-30-15-7-4-12-25(30)26-13-5-8-16-31(26)38)22-29(32)35-33(37)21-19-28-27-14-6-9-17-34(27)39-36(28)35/h1-22H. The molecule has 9 aromatic rings. The van der Waals surface area contributed by atoms with E-state index in [4.69, 9.17) is 0 Å². The van der Waals surface area contributed by atoms with E-state index in [2.05, 4.69) is 143 Å². The maximum absolute atomic E-state index is 2.42. The number of fused-ring (bicyclic) bond motifs is 10. The van der Waals surface area contributed by atoms with Gasteiger partial charge in [0.25, 0.3) is 0 Å². The summed E-state index contributed by atoms with van der Waals surface area (Å²) in [5.41, 5.74) is 7.31. The van der Waals surface area contributed by atoms with Crippen LogP contribution in [0.3, 0.4) is 0 Å². The minimum absolute atomic E-state index is 1.18. The monoisotopic (exact) mass is 514 g/mol. The molecule has 0 spiro atoms. The highest BCUT2D eigenvalue weighted by Gasteiger charge is 2.19. The number of hydrogen-bond acceptors (Lipinski definition) is 1. The minimum Gasteiger partial charge on any atom is -0.309 e. The zero-order chi connectivity index (χ0) is 25.5. The Morgan fingerprint density at radius 2 is 0.974 bits per heavy atom. The Morgan fingerprint density at radius 1 is 0.385 bits per heavy atom. The van der Waals surface area contributed by atoms with Gasteiger partial charge in [0.15, 0.2) is 0 Å². The average Bonchev–Trinajstić information content (AvgIpc) is 3.65. The van der Waals surface area contributed by atoms with Gasteiger partial charge in [0.2, 0.25) is 0 Å². The highest BCUT2D eigenvalue weighted by molar-refractivity contribution is 7.26. The first-order valence-corrected chi connectivity index (χ1v) is 14.1. The second-order valence-corrected chi connectivity index (χ2v) is 11.2. The molecule has 182 valence electrons. The predicted octanol–water partition coefficient (Wildman–Crippen LogP) is 10.2. The molecule has 0 N–H and O–H groups in total. The van der Waals surface area contributed by atoms with Crippen LogP contribution in [0.15, 0.2) is 133 Å². The molecule has 3 aromatic heterocycles. The largest absolute Gasteiger partial charge is 0.309 e. The van der Waals surface area contributed by atoms with Crippen LogP contribution in [0.25, 0.3) is 75.2 Å². The normalized spacial score (nSPS) is 12.1. The van der Waals surface area contributed by atoms with Crippen LogP contribution >= 0.6 is 11.3 Å². The SMILES string of the molecule is c1ccc(-n2c3ccc(-n4c5ccccc5c5ccccc54)cc3c3c4sc5ccccc5c4ccc32)cc1. The van der Waals surface area contributed by atoms with Gasteiger partial charge in [-0.3, -0.25) is 0 Å². The highest BCUT2D eigenvalue weighted by atomic mass is 32.1. The van der Waals surface area contributed by atoms with Crippen LogP contribution in [-0.4, -0.2) is 9.13 Å². The number of thiophene rings is 1.